The second-order valence-electron chi connectivity index (χ2n) is 4.76. The van der Waals surface area contributed by atoms with E-state index in [1.165, 1.54) is 18.3 Å². The van der Waals surface area contributed by atoms with Gasteiger partial charge in [-0.05, 0) is 23.6 Å². The molecule has 0 aliphatic rings. The van der Waals surface area contributed by atoms with E-state index in [0.717, 1.165) is 10.6 Å². The van der Waals surface area contributed by atoms with Crippen LogP contribution >= 0.6 is 11.3 Å². The van der Waals surface area contributed by atoms with Crippen molar-refractivity contribution in [1.29, 1.82) is 0 Å². The average Bonchev–Trinajstić information content (AvgIpc) is 3.00. The van der Waals surface area contributed by atoms with E-state index in [1.807, 2.05) is 47.8 Å². The Labute approximate surface area is 128 Å². The van der Waals surface area contributed by atoms with Crippen LogP contribution in [0, 0.1) is 0 Å². The molecule has 21 heavy (non-hydrogen) atoms. The fourth-order valence-corrected chi connectivity index (χ4v) is 2.84. The average molecular weight is 302 g/mol. The monoisotopic (exact) mass is 302 g/mol. The van der Waals surface area contributed by atoms with Gasteiger partial charge in [-0.3, -0.25) is 9.59 Å². The fraction of sp³-hybridized carbons (Fsp3) is 0.250. The van der Waals surface area contributed by atoms with Gasteiger partial charge in [-0.2, -0.15) is 0 Å². The van der Waals surface area contributed by atoms with Gasteiger partial charge < -0.3 is 10.2 Å². The second-order valence-corrected chi connectivity index (χ2v) is 5.74. The Morgan fingerprint density at radius 2 is 1.90 bits per heavy atom. The van der Waals surface area contributed by atoms with Gasteiger partial charge in [-0.25, -0.2) is 0 Å². The van der Waals surface area contributed by atoms with Crippen molar-refractivity contribution in [2.45, 2.75) is 19.4 Å². The molecule has 2 aromatic rings. The third-order valence-corrected chi connectivity index (χ3v) is 4.15. The third-order valence-electron chi connectivity index (χ3n) is 3.16. The maximum Gasteiger partial charge on any atom is 0.229 e. The molecule has 0 radical (unpaired) electrons. The van der Waals surface area contributed by atoms with Crippen LogP contribution < -0.4 is 10.2 Å². The number of amides is 2. The van der Waals surface area contributed by atoms with Crippen LogP contribution in [0.1, 0.15) is 24.3 Å². The molecule has 1 aromatic heterocycles. The van der Waals surface area contributed by atoms with Gasteiger partial charge in [-0.15, -0.1) is 11.3 Å². The van der Waals surface area contributed by atoms with Crippen LogP contribution in [0.25, 0.3) is 0 Å². The van der Waals surface area contributed by atoms with E-state index in [2.05, 4.69) is 5.32 Å². The summed E-state index contributed by atoms with van der Waals surface area (Å²) in [4.78, 5) is 26.3. The van der Waals surface area contributed by atoms with Crippen LogP contribution in [0.5, 0.6) is 0 Å². The minimum Gasteiger partial charge on any atom is -0.348 e. The van der Waals surface area contributed by atoms with Gasteiger partial charge in [0.15, 0.2) is 0 Å². The van der Waals surface area contributed by atoms with E-state index in [4.69, 9.17) is 0 Å². The first-order valence-electron chi connectivity index (χ1n) is 6.70. The molecule has 0 aliphatic carbocycles. The standard InChI is InChI=1S/C16H18N2O2S/c1-12(19)17-14(15-9-6-10-21-15)11-16(20)18(2)13-7-4-3-5-8-13/h3-10,14H,11H2,1-2H3,(H,17,19)/t14-/m0/s1. The first-order valence-corrected chi connectivity index (χ1v) is 7.58. The van der Waals surface area contributed by atoms with Crippen molar-refractivity contribution in [3.63, 3.8) is 0 Å². The van der Waals surface area contributed by atoms with Crippen molar-refractivity contribution in [2.24, 2.45) is 0 Å². The van der Waals surface area contributed by atoms with E-state index in [0.29, 0.717) is 0 Å². The summed E-state index contributed by atoms with van der Waals surface area (Å²) in [6, 6.07) is 13.0. The molecule has 0 bridgehead atoms. The normalized spacial score (nSPS) is 11.7. The number of nitrogens with zero attached hydrogens (tertiary/aromatic N) is 1. The molecular formula is C16H18N2O2S. The van der Waals surface area contributed by atoms with Crippen molar-refractivity contribution in [3.05, 3.63) is 52.7 Å². The fourth-order valence-electron chi connectivity index (χ4n) is 2.06. The number of nitrogens with one attached hydrogen (secondary N) is 1. The van der Waals surface area contributed by atoms with Crippen molar-refractivity contribution in [3.8, 4) is 0 Å². The Morgan fingerprint density at radius 1 is 1.19 bits per heavy atom. The van der Waals surface area contributed by atoms with Gasteiger partial charge >= 0.3 is 0 Å². The summed E-state index contributed by atoms with van der Waals surface area (Å²) in [6.07, 6.45) is 0.242. The lowest BCUT2D eigenvalue weighted by Gasteiger charge is -2.21. The molecule has 4 nitrogen and oxygen atoms in total. The SMILES string of the molecule is CC(=O)N[C@@H](CC(=O)N(C)c1ccccc1)c1cccs1. The quantitative estimate of drug-likeness (QED) is 0.923. The molecule has 110 valence electrons. The second kappa shape index (κ2) is 7.04. The molecular weight excluding hydrogens is 284 g/mol. The molecule has 0 saturated heterocycles. The Morgan fingerprint density at radius 3 is 2.48 bits per heavy atom. The molecule has 0 saturated carbocycles. The summed E-state index contributed by atoms with van der Waals surface area (Å²) in [5, 5.41) is 4.78. The summed E-state index contributed by atoms with van der Waals surface area (Å²) >= 11 is 1.54. The molecule has 0 unspecified atom stereocenters. The van der Waals surface area contributed by atoms with Gasteiger partial charge in [0.05, 0.1) is 12.5 Å². The predicted octanol–water partition coefficient (Wildman–Crippen LogP) is 2.98. The smallest absolute Gasteiger partial charge is 0.229 e. The number of hydrogen-bond donors (Lipinski definition) is 1. The number of anilines is 1. The van der Waals surface area contributed by atoms with Crippen LogP contribution in [0.15, 0.2) is 47.8 Å². The number of carbonyl (C=O) groups is 2. The zero-order valence-electron chi connectivity index (χ0n) is 12.1. The van der Waals surface area contributed by atoms with Gasteiger partial charge in [0.2, 0.25) is 11.8 Å². The third kappa shape index (κ3) is 4.16. The minimum atomic E-state index is -0.277. The maximum atomic E-state index is 12.4. The van der Waals surface area contributed by atoms with Gasteiger partial charge in [-0.1, -0.05) is 24.3 Å². The maximum absolute atomic E-state index is 12.4. The Hall–Kier alpha value is -2.14. The summed E-state index contributed by atoms with van der Waals surface area (Å²) < 4.78 is 0. The molecule has 1 heterocycles. The number of rotatable bonds is 5. The lowest BCUT2D eigenvalue weighted by atomic mass is 10.1. The summed E-state index contributed by atoms with van der Waals surface area (Å²) in [5.41, 5.74) is 0.843. The summed E-state index contributed by atoms with van der Waals surface area (Å²) in [6.45, 7) is 1.46. The first kappa shape index (κ1) is 15.3. The molecule has 2 amide bonds. The zero-order valence-corrected chi connectivity index (χ0v) is 12.9. The Kier molecular flexibility index (Phi) is 5.11. The van der Waals surface area contributed by atoms with Crippen molar-refractivity contribution in [1.82, 2.24) is 5.32 Å². The number of thiophene rings is 1. The molecule has 0 spiro atoms. The van der Waals surface area contributed by atoms with Crippen molar-refractivity contribution < 1.29 is 9.59 Å². The first-order chi connectivity index (χ1) is 10.1. The summed E-state index contributed by atoms with van der Waals surface area (Å²) in [5.74, 6) is -0.170. The molecule has 5 heteroatoms. The van der Waals surface area contributed by atoms with Gasteiger partial charge in [0.1, 0.15) is 0 Å². The predicted molar refractivity (Wildman–Crippen MR) is 85.3 cm³/mol. The Balaban J connectivity index is 2.09. The van der Waals surface area contributed by atoms with E-state index in [9.17, 15) is 9.59 Å². The molecule has 1 aromatic carbocycles. The molecule has 0 fully saturated rings. The van der Waals surface area contributed by atoms with Crippen molar-refractivity contribution in [2.75, 3.05) is 11.9 Å². The topological polar surface area (TPSA) is 49.4 Å². The van der Waals surface area contributed by atoms with Crippen LogP contribution in [-0.4, -0.2) is 18.9 Å². The van der Waals surface area contributed by atoms with Crippen molar-refractivity contribution >= 4 is 28.8 Å². The lowest BCUT2D eigenvalue weighted by Crippen LogP contribution is -2.33. The van der Waals surface area contributed by atoms with Crippen LogP contribution in [0.3, 0.4) is 0 Å². The highest BCUT2D eigenvalue weighted by atomic mass is 32.1. The van der Waals surface area contributed by atoms with Crippen LogP contribution in [-0.2, 0) is 9.59 Å². The lowest BCUT2D eigenvalue weighted by molar-refractivity contribution is -0.121. The van der Waals surface area contributed by atoms with Crippen LogP contribution in [0.2, 0.25) is 0 Å². The molecule has 2 rings (SSSR count). The van der Waals surface area contributed by atoms with Gasteiger partial charge in [0, 0.05) is 24.5 Å². The minimum absolute atomic E-state index is 0.0339. The van der Waals surface area contributed by atoms with E-state index >= 15 is 0 Å². The van der Waals surface area contributed by atoms with Gasteiger partial charge in [0.25, 0.3) is 0 Å². The molecule has 1 N–H and O–H groups in total. The number of para-hydroxylation sites is 1. The van der Waals surface area contributed by atoms with E-state index in [-0.39, 0.29) is 24.3 Å². The number of hydrogen-bond acceptors (Lipinski definition) is 3. The number of carbonyl (C=O) groups excluding carboxylic acids is 2. The zero-order chi connectivity index (χ0) is 15.2. The van der Waals surface area contributed by atoms with E-state index < -0.39 is 0 Å². The molecule has 0 aliphatic heterocycles. The highest BCUT2D eigenvalue weighted by Gasteiger charge is 2.20. The highest BCUT2D eigenvalue weighted by Crippen LogP contribution is 2.24. The number of benzene rings is 1. The Bertz CT molecular complexity index is 596. The summed E-state index contributed by atoms with van der Waals surface area (Å²) in [7, 11) is 1.75. The van der Waals surface area contributed by atoms with Crippen LogP contribution in [0.4, 0.5) is 5.69 Å². The molecule has 1 atom stereocenters. The largest absolute Gasteiger partial charge is 0.348 e. The highest BCUT2D eigenvalue weighted by molar-refractivity contribution is 7.10. The van der Waals surface area contributed by atoms with E-state index in [1.54, 1.807) is 11.9 Å².